The molecular weight excluding hydrogens is 323 g/mol. The van der Waals surface area contributed by atoms with Crippen molar-refractivity contribution in [1.82, 2.24) is 19.5 Å². The first-order chi connectivity index (χ1) is 8.99. The molecule has 108 valence electrons. The number of nitrogens with zero attached hydrogens (tertiary/aromatic N) is 3. The van der Waals surface area contributed by atoms with Gasteiger partial charge in [0.2, 0.25) is 5.95 Å². The molecule has 0 amide bonds. The van der Waals surface area contributed by atoms with E-state index >= 15 is 0 Å². The first kappa shape index (κ1) is 23.0. The molecule has 0 saturated carbocycles. The summed E-state index contributed by atoms with van der Waals surface area (Å²) in [6, 6.07) is 0. The van der Waals surface area contributed by atoms with E-state index in [1.165, 1.54) is 10.9 Å². The molecular formula is C10H16N5Na3O4. The summed E-state index contributed by atoms with van der Waals surface area (Å²) in [6.45, 7) is 1.64. The topological polar surface area (TPSA) is 139 Å². The van der Waals surface area contributed by atoms with Crippen molar-refractivity contribution in [1.29, 1.82) is 0 Å². The molecule has 12 heteroatoms. The summed E-state index contributed by atoms with van der Waals surface area (Å²) in [7, 11) is 0. The monoisotopic (exact) mass is 339 g/mol. The number of aliphatic hydroxyl groups is 2. The minimum atomic E-state index is -1.13. The quantitative estimate of drug-likeness (QED) is 0.378. The SMILES string of the molecule is C[C@H]1O[C@@H](n2cnc3c(=O)[nH]c(N)nc32)[C@H](O)[C@@H]1O.[H-].[H-].[H-].[Na+].[Na+].[Na+]. The number of ether oxygens (including phenoxy) is 1. The number of nitrogens with one attached hydrogen (secondary N) is 1. The van der Waals surface area contributed by atoms with Crippen molar-refractivity contribution in [3.05, 3.63) is 16.7 Å². The van der Waals surface area contributed by atoms with Crippen LogP contribution in [-0.4, -0.2) is 48.0 Å². The third kappa shape index (κ3) is 3.98. The number of aromatic amines is 1. The summed E-state index contributed by atoms with van der Waals surface area (Å²) < 4.78 is 6.84. The van der Waals surface area contributed by atoms with Gasteiger partial charge in [-0.2, -0.15) is 4.98 Å². The Hall–Kier alpha value is 1.03. The van der Waals surface area contributed by atoms with E-state index in [0.717, 1.165) is 0 Å². The van der Waals surface area contributed by atoms with Gasteiger partial charge in [-0.25, -0.2) is 4.98 Å². The smallest absolute Gasteiger partial charge is 1.00 e. The average molecular weight is 339 g/mol. The number of nitrogens with two attached hydrogens (primary N) is 1. The predicted molar refractivity (Wildman–Crippen MR) is 67.5 cm³/mol. The predicted octanol–water partition coefficient (Wildman–Crippen LogP) is -10.3. The molecule has 1 fully saturated rings. The van der Waals surface area contributed by atoms with E-state index in [4.69, 9.17) is 10.5 Å². The molecule has 3 rings (SSSR count). The zero-order valence-electron chi connectivity index (χ0n) is 16.0. The van der Waals surface area contributed by atoms with Crippen molar-refractivity contribution in [3.8, 4) is 0 Å². The number of H-pyrrole nitrogens is 1. The van der Waals surface area contributed by atoms with E-state index in [2.05, 4.69) is 15.0 Å². The van der Waals surface area contributed by atoms with Crippen molar-refractivity contribution in [2.75, 3.05) is 5.73 Å². The summed E-state index contributed by atoms with van der Waals surface area (Å²) in [4.78, 5) is 21.9. The van der Waals surface area contributed by atoms with E-state index < -0.39 is 30.1 Å². The fraction of sp³-hybridized carbons (Fsp3) is 0.500. The van der Waals surface area contributed by atoms with Crippen molar-refractivity contribution >= 4 is 17.1 Å². The van der Waals surface area contributed by atoms with Crippen LogP contribution < -0.4 is 100.0 Å². The van der Waals surface area contributed by atoms with Crippen LogP contribution in [0.2, 0.25) is 0 Å². The van der Waals surface area contributed by atoms with E-state index in [9.17, 15) is 15.0 Å². The third-order valence-electron chi connectivity index (χ3n) is 3.20. The Balaban J connectivity index is -0.000000367. The first-order valence-electron chi connectivity index (χ1n) is 5.73. The normalized spacial score (nSPS) is 26.9. The van der Waals surface area contributed by atoms with E-state index in [0.29, 0.717) is 0 Å². The Kier molecular flexibility index (Phi) is 9.35. The van der Waals surface area contributed by atoms with Crippen LogP contribution >= 0.6 is 0 Å². The van der Waals surface area contributed by atoms with Crippen LogP contribution in [0, 0.1) is 0 Å². The van der Waals surface area contributed by atoms with Crippen LogP contribution in [0.15, 0.2) is 11.1 Å². The van der Waals surface area contributed by atoms with E-state index in [1.54, 1.807) is 6.92 Å². The molecule has 2 aromatic rings. The summed E-state index contributed by atoms with van der Waals surface area (Å²) >= 11 is 0. The molecule has 1 saturated heterocycles. The van der Waals surface area contributed by atoms with Crippen LogP contribution in [0.25, 0.3) is 11.2 Å². The van der Waals surface area contributed by atoms with Crippen molar-refractivity contribution in [2.45, 2.75) is 31.5 Å². The number of aliphatic hydroxyl groups excluding tert-OH is 2. The Morgan fingerprint density at radius 1 is 1.36 bits per heavy atom. The van der Waals surface area contributed by atoms with Gasteiger partial charge in [-0.15, -0.1) is 0 Å². The van der Waals surface area contributed by atoms with Gasteiger partial charge >= 0.3 is 88.7 Å². The fourth-order valence-corrected chi connectivity index (χ4v) is 2.19. The number of fused-ring (bicyclic) bond motifs is 1. The molecule has 0 bridgehead atoms. The zero-order valence-corrected chi connectivity index (χ0v) is 19.0. The molecule has 9 nitrogen and oxygen atoms in total. The van der Waals surface area contributed by atoms with Crippen LogP contribution in [0.5, 0.6) is 0 Å². The van der Waals surface area contributed by atoms with Gasteiger partial charge in [0.15, 0.2) is 17.4 Å². The second kappa shape index (κ2) is 8.93. The summed E-state index contributed by atoms with van der Waals surface area (Å²) in [6.07, 6.45) is -2.21. The second-order valence-electron chi connectivity index (χ2n) is 4.49. The van der Waals surface area contributed by atoms with Gasteiger partial charge in [0.25, 0.3) is 5.56 Å². The van der Waals surface area contributed by atoms with Crippen LogP contribution in [0.3, 0.4) is 0 Å². The molecule has 1 aliphatic heterocycles. The number of hydrogen-bond donors (Lipinski definition) is 4. The summed E-state index contributed by atoms with van der Waals surface area (Å²) in [5.74, 6) is -0.0552. The van der Waals surface area contributed by atoms with Gasteiger partial charge in [0, 0.05) is 0 Å². The molecule has 0 aromatic carbocycles. The Morgan fingerprint density at radius 3 is 2.55 bits per heavy atom. The molecule has 1 aliphatic rings. The Labute approximate surface area is 196 Å². The van der Waals surface area contributed by atoms with Gasteiger partial charge in [0.1, 0.15) is 12.2 Å². The molecule has 0 unspecified atom stereocenters. The number of aromatic nitrogens is 4. The largest absolute Gasteiger partial charge is 1.00 e. The second-order valence-corrected chi connectivity index (χ2v) is 4.49. The number of hydrogen-bond acceptors (Lipinski definition) is 7. The Bertz CT molecular complexity index is 706. The maximum absolute atomic E-state index is 11.6. The molecule has 0 radical (unpaired) electrons. The van der Waals surface area contributed by atoms with Gasteiger partial charge in [-0.1, -0.05) is 0 Å². The molecule has 5 N–H and O–H groups in total. The minimum absolute atomic E-state index is 0. The van der Waals surface area contributed by atoms with Gasteiger partial charge < -0.3 is 25.0 Å². The number of anilines is 1. The number of rotatable bonds is 1. The van der Waals surface area contributed by atoms with Crippen molar-refractivity contribution < 1.29 is 108 Å². The van der Waals surface area contributed by atoms with Crippen LogP contribution in [0.4, 0.5) is 5.95 Å². The molecule has 0 aliphatic carbocycles. The summed E-state index contributed by atoms with van der Waals surface area (Å²) in [5.41, 5.74) is 5.31. The molecule has 0 spiro atoms. The van der Waals surface area contributed by atoms with Crippen LogP contribution in [-0.2, 0) is 4.74 Å². The zero-order chi connectivity index (χ0) is 13.7. The van der Waals surface area contributed by atoms with Crippen LogP contribution in [0.1, 0.15) is 17.4 Å². The van der Waals surface area contributed by atoms with E-state index in [-0.39, 0.29) is 110 Å². The average Bonchev–Trinajstić information content (AvgIpc) is 2.86. The Morgan fingerprint density at radius 2 is 2.00 bits per heavy atom. The molecule has 3 heterocycles. The molecule has 4 atom stereocenters. The molecule has 22 heavy (non-hydrogen) atoms. The fourth-order valence-electron chi connectivity index (χ4n) is 2.19. The minimum Gasteiger partial charge on any atom is -1.00 e. The third-order valence-corrected chi connectivity index (χ3v) is 3.20. The van der Waals surface area contributed by atoms with Gasteiger partial charge in [-0.3, -0.25) is 14.3 Å². The van der Waals surface area contributed by atoms with Crippen molar-refractivity contribution in [3.63, 3.8) is 0 Å². The van der Waals surface area contributed by atoms with Crippen molar-refractivity contribution in [2.24, 2.45) is 0 Å². The van der Waals surface area contributed by atoms with Gasteiger partial charge in [-0.05, 0) is 6.92 Å². The maximum atomic E-state index is 11.6. The van der Waals surface area contributed by atoms with E-state index in [1.807, 2.05) is 0 Å². The molecule has 2 aromatic heterocycles. The number of nitrogen functional groups attached to an aromatic ring is 1. The summed E-state index contributed by atoms with van der Waals surface area (Å²) in [5, 5.41) is 19.6. The first-order valence-corrected chi connectivity index (χ1v) is 5.73. The van der Waals surface area contributed by atoms with Gasteiger partial charge in [0.05, 0.1) is 12.4 Å². The number of imidazole rings is 1. The maximum Gasteiger partial charge on any atom is 1.00 e. The standard InChI is InChI=1S/C10H13N5O4.3Na.3H/c1-3-5(16)6(17)9(19-3)15-2-12-4-7(15)13-10(11)14-8(4)18;;;;;;/h2-3,5-6,9,16-17H,1H3,(H3,11,13,14,18);;;;;;/q;3*+1;3*-1/t3-,5-,6-,9-;;;;;;/m1....../s1.